The maximum absolute atomic E-state index is 9.32. The van der Waals surface area contributed by atoms with Gasteiger partial charge in [0, 0.05) is 46.7 Å². The number of aliphatic hydroxyl groups is 1. The molecule has 0 saturated heterocycles. The van der Waals surface area contributed by atoms with Gasteiger partial charge in [-0.15, -0.1) is 0 Å². The minimum atomic E-state index is 0.223. The van der Waals surface area contributed by atoms with Crippen molar-refractivity contribution < 1.29 is 5.11 Å². The van der Waals surface area contributed by atoms with Crippen molar-refractivity contribution in [2.45, 2.75) is 18.8 Å². The Hall–Kier alpha value is -2.52. The SMILES string of the molecule is OCCCC(c1c[nH]c2ccccc12)c1c[nH]c2ccccc12. The van der Waals surface area contributed by atoms with Crippen LogP contribution in [0.5, 0.6) is 0 Å². The lowest BCUT2D eigenvalue weighted by molar-refractivity contribution is 0.282. The van der Waals surface area contributed by atoms with Crippen LogP contribution >= 0.6 is 0 Å². The first-order chi connectivity index (χ1) is 11.4. The Balaban J connectivity index is 1.87. The maximum atomic E-state index is 9.32. The Morgan fingerprint density at radius 2 is 1.30 bits per heavy atom. The molecule has 23 heavy (non-hydrogen) atoms. The number of fused-ring (bicyclic) bond motifs is 2. The van der Waals surface area contributed by atoms with Gasteiger partial charge in [0.25, 0.3) is 0 Å². The molecule has 3 N–H and O–H groups in total. The third-order valence-corrected chi connectivity index (χ3v) is 4.64. The number of hydrogen-bond donors (Lipinski definition) is 3. The van der Waals surface area contributed by atoms with Crippen molar-refractivity contribution in [1.29, 1.82) is 0 Å². The Morgan fingerprint density at radius 1 is 0.783 bits per heavy atom. The number of H-pyrrole nitrogens is 2. The van der Waals surface area contributed by atoms with Gasteiger partial charge in [0.2, 0.25) is 0 Å². The lowest BCUT2D eigenvalue weighted by Crippen LogP contribution is -2.01. The summed E-state index contributed by atoms with van der Waals surface area (Å²) in [5.41, 5.74) is 4.94. The Kier molecular flexibility index (Phi) is 3.64. The zero-order chi connectivity index (χ0) is 15.6. The summed E-state index contributed by atoms with van der Waals surface area (Å²) >= 11 is 0. The van der Waals surface area contributed by atoms with Gasteiger partial charge in [-0.3, -0.25) is 0 Å². The minimum Gasteiger partial charge on any atom is -0.396 e. The molecule has 0 aliphatic rings. The Bertz CT molecular complexity index is 861. The molecule has 0 aliphatic carbocycles. The van der Waals surface area contributed by atoms with Crippen LogP contribution in [0.1, 0.15) is 29.9 Å². The fourth-order valence-electron chi connectivity index (χ4n) is 3.54. The molecule has 2 aromatic carbocycles. The summed E-state index contributed by atoms with van der Waals surface area (Å²) in [6.45, 7) is 0.223. The highest BCUT2D eigenvalue weighted by atomic mass is 16.2. The van der Waals surface area contributed by atoms with Crippen LogP contribution in [0.3, 0.4) is 0 Å². The van der Waals surface area contributed by atoms with Gasteiger partial charge < -0.3 is 15.1 Å². The molecular weight excluding hydrogens is 284 g/mol. The first-order valence-electron chi connectivity index (χ1n) is 8.11. The van der Waals surface area contributed by atoms with Crippen molar-refractivity contribution >= 4 is 21.8 Å². The summed E-state index contributed by atoms with van der Waals surface area (Å²) in [7, 11) is 0. The zero-order valence-corrected chi connectivity index (χ0v) is 12.9. The van der Waals surface area contributed by atoms with E-state index in [1.807, 2.05) is 0 Å². The van der Waals surface area contributed by atoms with Crippen molar-refractivity contribution in [2.24, 2.45) is 0 Å². The van der Waals surface area contributed by atoms with E-state index in [1.165, 1.54) is 21.9 Å². The molecule has 2 aromatic heterocycles. The Labute approximate surface area is 135 Å². The van der Waals surface area contributed by atoms with E-state index >= 15 is 0 Å². The first-order valence-corrected chi connectivity index (χ1v) is 8.11. The van der Waals surface area contributed by atoms with Gasteiger partial charge in [-0.05, 0) is 36.1 Å². The molecule has 116 valence electrons. The molecule has 0 amide bonds. The lowest BCUT2D eigenvalue weighted by Gasteiger charge is -2.16. The van der Waals surface area contributed by atoms with Gasteiger partial charge in [0.1, 0.15) is 0 Å². The molecule has 0 radical (unpaired) electrons. The average Bonchev–Trinajstić information content (AvgIpc) is 3.21. The van der Waals surface area contributed by atoms with Crippen molar-refractivity contribution in [1.82, 2.24) is 9.97 Å². The van der Waals surface area contributed by atoms with Crippen molar-refractivity contribution in [3.63, 3.8) is 0 Å². The second-order valence-electron chi connectivity index (χ2n) is 6.00. The molecule has 0 unspecified atom stereocenters. The molecule has 0 aliphatic heterocycles. The van der Waals surface area contributed by atoms with Crippen LogP contribution in [0.25, 0.3) is 21.8 Å². The Morgan fingerprint density at radius 3 is 1.83 bits per heavy atom. The number of aliphatic hydroxyl groups excluding tert-OH is 1. The molecule has 0 atom stereocenters. The van der Waals surface area contributed by atoms with Gasteiger partial charge in [-0.25, -0.2) is 0 Å². The van der Waals surface area contributed by atoms with E-state index < -0.39 is 0 Å². The summed E-state index contributed by atoms with van der Waals surface area (Å²) < 4.78 is 0. The summed E-state index contributed by atoms with van der Waals surface area (Å²) in [6, 6.07) is 16.8. The van der Waals surface area contributed by atoms with Gasteiger partial charge >= 0.3 is 0 Å². The predicted molar refractivity (Wildman–Crippen MR) is 94.8 cm³/mol. The van der Waals surface area contributed by atoms with E-state index in [1.54, 1.807) is 0 Å². The van der Waals surface area contributed by atoms with Gasteiger partial charge in [0.15, 0.2) is 0 Å². The van der Waals surface area contributed by atoms with Gasteiger partial charge in [0.05, 0.1) is 0 Å². The first kappa shape index (κ1) is 14.1. The van der Waals surface area contributed by atoms with Crippen LogP contribution < -0.4 is 0 Å². The second-order valence-corrected chi connectivity index (χ2v) is 6.00. The number of rotatable bonds is 5. The minimum absolute atomic E-state index is 0.223. The molecule has 4 rings (SSSR count). The number of nitrogens with one attached hydrogen (secondary N) is 2. The van der Waals surface area contributed by atoms with E-state index in [9.17, 15) is 5.11 Å². The number of para-hydroxylation sites is 2. The summed E-state index contributed by atoms with van der Waals surface area (Å²) in [5.74, 6) is 0.273. The molecular formula is C20H20N2O. The van der Waals surface area contributed by atoms with E-state index in [4.69, 9.17) is 0 Å². The molecule has 3 heteroatoms. The van der Waals surface area contributed by atoms with E-state index in [-0.39, 0.29) is 12.5 Å². The molecule has 0 spiro atoms. The molecule has 3 nitrogen and oxygen atoms in total. The van der Waals surface area contributed by atoms with Crippen molar-refractivity contribution in [3.8, 4) is 0 Å². The molecule has 0 saturated carbocycles. The van der Waals surface area contributed by atoms with Crippen LogP contribution in [0, 0.1) is 0 Å². The quantitative estimate of drug-likeness (QED) is 0.497. The van der Waals surface area contributed by atoms with E-state index in [2.05, 4.69) is 70.9 Å². The van der Waals surface area contributed by atoms with Crippen LogP contribution in [0.2, 0.25) is 0 Å². The lowest BCUT2D eigenvalue weighted by atomic mass is 9.87. The molecule has 4 aromatic rings. The normalized spacial score (nSPS) is 11.7. The standard InChI is InChI=1S/C20H20N2O/c23-11-5-8-14(17-12-21-19-9-3-1-6-15(17)19)18-13-22-20-10-4-2-7-16(18)20/h1-4,6-7,9-10,12-14,21-23H,5,8,11H2. The average molecular weight is 304 g/mol. The summed E-state index contributed by atoms with van der Waals surface area (Å²) in [6.07, 6.45) is 5.97. The molecule has 0 fully saturated rings. The number of aromatic amines is 2. The zero-order valence-electron chi connectivity index (χ0n) is 12.9. The van der Waals surface area contributed by atoms with Crippen molar-refractivity contribution in [2.75, 3.05) is 6.61 Å². The number of hydrogen-bond acceptors (Lipinski definition) is 1. The highest BCUT2D eigenvalue weighted by Gasteiger charge is 2.20. The number of aromatic nitrogens is 2. The predicted octanol–water partition coefficient (Wildman–Crippen LogP) is 4.55. The van der Waals surface area contributed by atoms with Gasteiger partial charge in [-0.2, -0.15) is 0 Å². The van der Waals surface area contributed by atoms with Crippen molar-refractivity contribution in [3.05, 3.63) is 72.1 Å². The molecule has 0 bridgehead atoms. The molecule has 2 heterocycles. The third-order valence-electron chi connectivity index (χ3n) is 4.64. The van der Waals surface area contributed by atoms with Crippen LogP contribution in [0.4, 0.5) is 0 Å². The maximum Gasteiger partial charge on any atom is 0.0457 e. The van der Waals surface area contributed by atoms with Gasteiger partial charge in [-0.1, -0.05) is 36.4 Å². The fraction of sp³-hybridized carbons (Fsp3) is 0.200. The summed E-state index contributed by atoms with van der Waals surface area (Å²) in [5, 5.41) is 11.9. The fourth-order valence-corrected chi connectivity index (χ4v) is 3.54. The largest absolute Gasteiger partial charge is 0.396 e. The number of benzene rings is 2. The summed E-state index contributed by atoms with van der Waals surface area (Å²) in [4.78, 5) is 6.76. The highest BCUT2D eigenvalue weighted by molar-refractivity contribution is 5.88. The highest BCUT2D eigenvalue weighted by Crippen LogP contribution is 2.37. The topological polar surface area (TPSA) is 51.8 Å². The van der Waals surface area contributed by atoms with Crippen LogP contribution in [-0.2, 0) is 0 Å². The van der Waals surface area contributed by atoms with Crippen LogP contribution in [0.15, 0.2) is 60.9 Å². The van der Waals surface area contributed by atoms with Crippen LogP contribution in [-0.4, -0.2) is 21.7 Å². The smallest absolute Gasteiger partial charge is 0.0457 e. The monoisotopic (exact) mass is 304 g/mol. The third kappa shape index (κ3) is 2.43. The van der Waals surface area contributed by atoms with E-state index in [0.717, 1.165) is 23.9 Å². The van der Waals surface area contributed by atoms with E-state index in [0.29, 0.717) is 0 Å². The second kappa shape index (κ2) is 5.94.